The van der Waals surface area contributed by atoms with Crippen LogP contribution in [-0.2, 0) is 0 Å². The second-order valence-electron chi connectivity index (χ2n) is 5.34. The molecule has 0 fully saturated rings. The molecule has 0 spiro atoms. The van der Waals surface area contributed by atoms with Gasteiger partial charge in [0.2, 0.25) is 0 Å². The van der Waals surface area contributed by atoms with E-state index in [4.69, 9.17) is 4.74 Å². The summed E-state index contributed by atoms with van der Waals surface area (Å²) >= 11 is 0. The van der Waals surface area contributed by atoms with Crippen LogP contribution < -0.4 is 4.74 Å². The SMILES string of the molecule is CCCCN(CCCC)C(C)c1ccc(OC)cc1O. The topological polar surface area (TPSA) is 32.7 Å². The predicted molar refractivity (Wildman–Crippen MR) is 84.5 cm³/mol. The lowest BCUT2D eigenvalue weighted by atomic mass is 10.0. The molecule has 0 bridgehead atoms. The number of phenolic OH excluding ortho intramolecular Hbond substituents is 1. The number of hydrogen-bond acceptors (Lipinski definition) is 3. The average Bonchev–Trinajstić information content (AvgIpc) is 2.46. The van der Waals surface area contributed by atoms with Gasteiger partial charge in [0.05, 0.1) is 7.11 Å². The van der Waals surface area contributed by atoms with E-state index < -0.39 is 0 Å². The lowest BCUT2D eigenvalue weighted by molar-refractivity contribution is 0.201. The van der Waals surface area contributed by atoms with Gasteiger partial charge in [-0.25, -0.2) is 0 Å². The summed E-state index contributed by atoms with van der Waals surface area (Å²) in [7, 11) is 1.62. The van der Waals surface area contributed by atoms with E-state index in [1.165, 1.54) is 25.7 Å². The molecule has 0 saturated heterocycles. The molecule has 0 aliphatic heterocycles. The number of hydrogen-bond donors (Lipinski definition) is 1. The molecule has 1 N–H and O–H groups in total. The summed E-state index contributed by atoms with van der Waals surface area (Å²) in [5.41, 5.74) is 0.984. The first-order valence-corrected chi connectivity index (χ1v) is 7.74. The van der Waals surface area contributed by atoms with Crippen LogP contribution in [0.25, 0.3) is 0 Å². The summed E-state index contributed by atoms with van der Waals surface area (Å²) < 4.78 is 5.15. The van der Waals surface area contributed by atoms with E-state index in [9.17, 15) is 5.11 Å². The van der Waals surface area contributed by atoms with Crippen LogP contribution in [0.5, 0.6) is 11.5 Å². The number of benzene rings is 1. The monoisotopic (exact) mass is 279 g/mol. The van der Waals surface area contributed by atoms with Crippen LogP contribution >= 0.6 is 0 Å². The smallest absolute Gasteiger partial charge is 0.124 e. The van der Waals surface area contributed by atoms with Gasteiger partial charge in [-0.05, 0) is 38.9 Å². The maximum atomic E-state index is 10.2. The van der Waals surface area contributed by atoms with Crippen LogP contribution in [-0.4, -0.2) is 30.2 Å². The van der Waals surface area contributed by atoms with Crippen molar-refractivity contribution in [2.45, 2.75) is 52.5 Å². The van der Waals surface area contributed by atoms with Gasteiger partial charge in [0.25, 0.3) is 0 Å². The fourth-order valence-electron chi connectivity index (χ4n) is 2.42. The zero-order valence-corrected chi connectivity index (χ0v) is 13.4. The average molecular weight is 279 g/mol. The van der Waals surface area contributed by atoms with E-state index in [1.807, 2.05) is 12.1 Å². The standard InChI is InChI=1S/C17H29NO2/c1-5-7-11-18(12-8-6-2)14(3)16-10-9-15(20-4)13-17(16)19/h9-10,13-14,19H,5-8,11-12H2,1-4H3. The molecule has 0 saturated carbocycles. The second-order valence-corrected chi connectivity index (χ2v) is 5.34. The number of unbranched alkanes of at least 4 members (excludes halogenated alkanes) is 2. The molecule has 0 radical (unpaired) electrons. The van der Waals surface area contributed by atoms with Crippen molar-refractivity contribution >= 4 is 0 Å². The Kier molecular flexibility index (Phi) is 7.45. The van der Waals surface area contributed by atoms with Crippen molar-refractivity contribution in [3.63, 3.8) is 0 Å². The van der Waals surface area contributed by atoms with Gasteiger partial charge in [-0.3, -0.25) is 4.90 Å². The van der Waals surface area contributed by atoms with E-state index in [-0.39, 0.29) is 6.04 Å². The van der Waals surface area contributed by atoms with Gasteiger partial charge in [0.1, 0.15) is 11.5 Å². The lowest BCUT2D eigenvalue weighted by Crippen LogP contribution is -2.29. The maximum Gasteiger partial charge on any atom is 0.124 e. The minimum atomic E-state index is 0.235. The van der Waals surface area contributed by atoms with E-state index in [0.29, 0.717) is 11.5 Å². The molecule has 1 aromatic rings. The molecule has 1 unspecified atom stereocenters. The molecule has 0 amide bonds. The summed E-state index contributed by atoms with van der Waals surface area (Å²) in [6, 6.07) is 5.83. The molecule has 3 heteroatoms. The Morgan fingerprint density at radius 1 is 1.15 bits per heavy atom. The second kappa shape index (κ2) is 8.85. The number of rotatable bonds is 9. The van der Waals surface area contributed by atoms with Crippen molar-refractivity contribution in [3.05, 3.63) is 23.8 Å². The van der Waals surface area contributed by atoms with Crippen LogP contribution in [0, 0.1) is 0 Å². The van der Waals surface area contributed by atoms with Crippen molar-refractivity contribution in [2.75, 3.05) is 20.2 Å². The van der Waals surface area contributed by atoms with Gasteiger partial charge in [-0.1, -0.05) is 32.8 Å². The van der Waals surface area contributed by atoms with Gasteiger partial charge in [-0.2, -0.15) is 0 Å². The fourth-order valence-corrected chi connectivity index (χ4v) is 2.42. The zero-order chi connectivity index (χ0) is 15.0. The maximum absolute atomic E-state index is 10.2. The molecule has 0 aliphatic carbocycles. The number of ether oxygens (including phenoxy) is 1. The van der Waals surface area contributed by atoms with Crippen LogP contribution in [0.3, 0.4) is 0 Å². The van der Waals surface area contributed by atoms with Crippen molar-refractivity contribution in [2.24, 2.45) is 0 Å². The Hall–Kier alpha value is -1.22. The molecule has 0 aromatic heterocycles. The first-order valence-electron chi connectivity index (χ1n) is 7.74. The van der Waals surface area contributed by atoms with Gasteiger partial charge in [0, 0.05) is 17.7 Å². The van der Waals surface area contributed by atoms with Gasteiger partial charge < -0.3 is 9.84 Å². The molecular formula is C17H29NO2. The molecule has 0 heterocycles. The Morgan fingerprint density at radius 2 is 1.75 bits per heavy atom. The summed E-state index contributed by atoms with van der Waals surface area (Å²) in [4.78, 5) is 2.47. The third kappa shape index (κ3) is 4.71. The Balaban J connectivity index is 2.83. The lowest BCUT2D eigenvalue weighted by Gasteiger charge is -2.30. The quantitative estimate of drug-likeness (QED) is 0.729. The highest BCUT2D eigenvalue weighted by Gasteiger charge is 2.18. The fraction of sp³-hybridized carbons (Fsp3) is 0.647. The molecule has 0 aliphatic rings. The number of nitrogens with zero attached hydrogens (tertiary/aromatic N) is 1. The third-order valence-electron chi connectivity index (χ3n) is 3.83. The predicted octanol–water partition coefficient (Wildman–Crippen LogP) is 4.36. The van der Waals surface area contributed by atoms with Crippen LogP contribution in [0.2, 0.25) is 0 Å². The largest absolute Gasteiger partial charge is 0.507 e. The molecule has 1 rings (SSSR count). The van der Waals surface area contributed by atoms with Crippen molar-refractivity contribution < 1.29 is 9.84 Å². The number of methoxy groups -OCH3 is 1. The van der Waals surface area contributed by atoms with E-state index in [1.54, 1.807) is 13.2 Å². The van der Waals surface area contributed by atoms with Crippen LogP contribution in [0.15, 0.2) is 18.2 Å². The highest BCUT2D eigenvalue weighted by atomic mass is 16.5. The highest BCUT2D eigenvalue weighted by Crippen LogP contribution is 2.31. The molecule has 1 aromatic carbocycles. The van der Waals surface area contributed by atoms with Crippen molar-refractivity contribution in [3.8, 4) is 11.5 Å². The van der Waals surface area contributed by atoms with Crippen molar-refractivity contribution in [1.29, 1.82) is 0 Å². The Morgan fingerprint density at radius 3 is 2.20 bits per heavy atom. The highest BCUT2D eigenvalue weighted by molar-refractivity contribution is 5.41. The normalized spacial score (nSPS) is 12.7. The van der Waals surface area contributed by atoms with Crippen LogP contribution in [0.4, 0.5) is 0 Å². The first-order chi connectivity index (χ1) is 9.63. The van der Waals surface area contributed by atoms with Crippen molar-refractivity contribution in [1.82, 2.24) is 4.90 Å². The van der Waals surface area contributed by atoms with E-state index >= 15 is 0 Å². The Bertz CT molecular complexity index is 385. The van der Waals surface area contributed by atoms with Gasteiger partial charge >= 0.3 is 0 Å². The molecular weight excluding hydrogens is 250 g/mol. The number of phenols is 1. The zero-order valence-electron chi connectivity index (χ0n) is 13.4. The molecule has 20 heavy (non-hydrogen) atoms. The minimum Gasteiger partial charge on any atom is -0.507 e. The first kappa shape index (κ1) is 16.8. The summed E-state index contributed by atoms with van der Waals surface area (Å²) in [5.74, 6) is 1.03. The molecule has 3 nitrogen and oxygen atoms in total. The Labute approximate surface area is 123 Å². The van der Waals surface area contributed by atoms with Gasteiger partial charge in [-0.15, -0.1) is 0 Å². The molecule has 114 valence electrons. The minimum absolute atomic E-state index is 0.235. The number of aromatic hydroxyl groups is 1. The molecule has 1 atom stereocenters. The summed E-state index contributed by atoms with van der Waals surface area (Å²) in [6.07, 6.45) is 4.80. The van der Waals surface area contributed by atoms with Gasteiger partial charge in [0.15, 0.2) is 0 Å². The van der Waals surface area contributed by atoms with E-state index in [2.05, 4.69) is 25.7 Å². The summed E-state index contributed by atoms with van der Waals surface area (Å²) in [5, 5.41) is 10.2. The summed E-state index contributed by atoms with van der Waals surface area (Å²) in [6.45, 7) is 8.78. The van der Waals surface area contributed by atoms with E-state index in [0.717, 1.165) is 18.7 Å². The third-order valence-corrected chi connectivity index (χ3v) is 3.83. The van der Waals surface area contributed by atoms with Crippen LogP contribution in [0.1, 0.15) is 58.1 Å².